The molecule has 0 aliphatic rings. The van der Waals surface area contributed by atoms with Crippen LogP contribution in [0, 0.1) is 0 Å². The monoisotopic (exact) mass is 265 g/mol. The van der Waals surface area contributed by atoms with Gasteiger partial charge in [0.15, 0.2) is 0 Å². The fraction of sp³-hybridized carbons (Fsp3) is 0.300. The molecule has 0 bridgehead atoms. The van der Waals surface area contributed by atoms with Gasteiger partial charge in [-0.2, -0.15) is 8.78 Å². The summed E-state index contributed by atoms with van der Waals surface area (Å²) in [5.41, 5.74) is -0.677. The van der Waals surface area contributed by atoms with Gasteiger partial charge in [0.05, 0.1) is 11.9 Å². The van der Waals surface area contributed by atoms with Crippen LogP contribution in [0.1, 0.15) is 0 Å². The molecule has 0 atom stereocenters. The molecule has 17 heavy (non-hydrogen) atoms. The van der Waals surface area contributed by atoms with Crippen molar-refractivity contribution in [1.82, 2.24) is 4.57 Å². The summed E-state index contributed by atoms with van der Waals surface area (Å²) in [6, 6.07) is 2.95. The van der Waals surface area contributed by atoms with E-state index in [1.54, 1.807) is 5.38 Å². The summed E-state index contributed by atoms with van der Waals surface area (Å²) in [6.45, 7) is -1.31. The van der Waals surface area contributed by atoms with Gasteiger partial charge in [-0.15, -0.1) is 11.3 Å². The lowest BCUT2D eigenvalue weighted by Gasteiger charge is -2.16. The van der Waals surface area contributed by atoms with Crippen molar-refractivity contribution >= 4 is 21.4 Å². The van der Waals surface area contributed by atoms with Gasteiger partial charge >= 0.3 is 12.3 Å². The van der Waals surface area contributed by atoms with Crippen LogP contribution in [0.3, 0.4) is 0 Å². The van der Waals surface area contributed by atoms with Crippen LogP contribution >= 0.6 is 11.3 Å². The normalized spacial score (nSPS) is 12.5. The minimum atomic E-state index is -4.20. The molecule has 2 aromatic rings. The Labute approximate surface area is 97.1 Å². The van der Waals surface area contributed by atoms with E-state index in [1.165, 1.54) is 23.5 Å². The maximum absolute atomic E-state index is 12.8. The molecule has 2 aromatic heterocycles. The van der Waals surface area contributed by atoms with Gasteiger partial charge in [0, 0.05) is 10.9 Å². The van der Waals surface area contributed by atoms with Crippen LogP contribution in [0.15, 0.2) is 28.5 Å². The van der Waals surface area contributed by atoms with Crippen LogP contribution in [-0.2, 0) is 6.54 Å². The highest BCUT2D eigenvalue weighted by Gasteiger charge is 2.41. The molecule has 0 aromatic carbocycles. The summed E-state index contributed by atoms with van der Waals surface area (Å²) in [6.07, 6.45) is -2.68. The van der Waals surface area contributed by atoms with Crippen LogP contribution in [-0.4, -0.2) is 16.9 Å². The molecule has 0 N–H and O–H groups in total. The number of nitrogens with zero attached hydrogens (tertiary/aromatic N) is 1. The molecule has 0 saturated heterocycles. The van der Waals surface area contributed by atoms with Gasteiger partial charge in [-0.3, -0.25) is 4.79 Å². The molecule has 0 aliphatic carbocycles. The summed E-state index contributed by atoms with van der Waals surface area (Å²) in [5.74, 6) is -4.20. The zero-order valence-corrected chi connectivity index (χ0v) is 9.19. The number of hydrogen-bond donors (Lipinski definition) is 0. The molecule has 0 amide bonds. The van der Waals surface area contributed by atoms with Crippen LogP contribution < -0.4 is 5.56 Å². The molecule has 0 radical (unpaired) electrons. The third-order valence-electron chi connectivity index (χ3n) is 2.29. The van der Waals surface area contributed by atoms with Crippen molar-refractivity contribution in [1.29, 1.82) is 0 Å². The first-order chi connectivity index (χ1) is 7.92. The number of rotatable bonds is 3. The molecular formula is C10H7F4NOS. The first-order valence-electron chi connectivity index (χ1n) is 4.64. The van der Waals surface area contributed by atoms with Crippen molar-refractivity contribution in [3.63, 3.8) is 0 Å². The summed E-state index contributed by atoms with van der Waals surface area (Å²) in [7, 11) is 0. The fourth-order valence-electron chi connectivity index (χ4n) is 1.43. The lowest BCUT2D eigenvalue weighted by molar-refractivity contribution is -0.138. The first kappa shape index (κ1) is 12.1. The Balaban J connectivity index is 2.43. The molecule has 0 spiro atoms. The Morgan fingerprint density at radius 2 is 2.06 bits per heavy atom. The van der Waals surface area contributed by atoms with E-state index in [2.05, 4.69) is 0 Å². The Hall–Kier alpha value is -1.37. The van der Waals surface area contributed by atoms with Gasteiger partial charge < -0.3 is 4.57 Å². The highest BCUT2D eigenvalue weighted by Crippen LogP contribution is 2.25. The molecule has 0 fully saturated rings. The van der Waals surface area contributed by atoms with Crippen molar-refractivity contribution in [2.45, 2.75) is 18.9 Å². The predicted molar refractivity (Wildman–Crippen MR) is 57.0 cm³/mol. The number of thiophene rings is 1. The molecule has 0 saturated carbocycles. The standard InChI is InChI=1S/C10H7F4NOS/c11-9(12)10(13,14)5-15-3-1-7-6(8(15)16)2-4-17-7/h1-4,9H,5H2. The van der Waals surface area contributed by atoms with Crippen molar-refractivity contribution < 1.29 is 17.6 Å². The second-order valence-corrected chi connectivity index (χ2v) is 4.46. The van der Waals surface area contributed by atoms with Crippen LogP contribution in [0.2, 0.25) is 0 Å². The topological polar surface area (TPSA) is 22.0 Å². The number of halogens is 4. The Morgan fingerprint density at radius 1 is 1.35 bits per heavy atom. The lowest BCUT2D eigenvalue weighted by Crippen LogP contribution is -2.36. The van der Waals surface area contributed by atoms with E-state index in [0.717, 1.165) is 6.20 Å². The Morgan fingerprint density at radius 3 is 2.71 bits per heavy atom. The number of alkyl halides is 4. The first-order valence-corrected chi connectivity index (χ1v) is 5.52. The van der Waals surface area contributed by atoms with Gasteiger partial charge in [-0.1, -0.05) is 0 Å². The van der Waals surface area contributed by atoms with E-state index < -0.39 is 24.5 Å². The maximum atomic E-state index is 12.8. The molecule has 0 aliphatic heterocycles. The fourth-order valence-corrected chi connectivity index (χ4v) is 2.20. The molecule has 2 nitrogen and oxygen atoms in total. The molecule has 92 valence electrons. The third-order valence-corrected chi connectivity index (χ3v) is 3.17. The number of pyridine rings is 1. The average Bonchev–Trinajstić information content (AvgIpc) is 2.70. The van der Waals surface area contributed by atoms with Crippen LogP contribution in [0.25, 0.3) is 10.1 Å². The molecule has 2 heterocycles. The number of aromatic nitrogens is 1. The zero-order valence-electron chi connectivity index (χ0n) is 8.37. The van der Waals surface area contributed by atoms with Crippen LogP contribution in [0.4, 0.5) is 17.6 Å². The number of hydrogen-bond acceptors (Lipinski definition) is 2. The van der Waals surface area contributed by atoms with Gasteiger partial charge in [-0.05, 0) is 17.5 Å². The smallest absolute Gasteiger partial charge is 0.309 e. The molecular weight excluding hydrogens is 258 g/mol. The summed E-state index contributed by atoms with van der Waals surface area (Å²) in [5, 5.41) is 1.91. The summed E-state index contributed by atoms with van der Waals surface area (Å²) < 4.78 is 51.0. The second kappa shape index (κ2) is 4.14. The van der Waals surface area contributed by atoms with Crippen molar-refractivity contribution in [2.24, 2.45) is 0 Å². The average molecular weight is 265 g/mol. The van der Waals surface area contributed by atoms with Crippen molar-refractivity contribution in [3.05, 3.63) is 34.1 Å². The van der Waals surface area contributed by atoms with Crippen LogP contribution in [0.5, 0.6) is 0 Å². The highest BCUT2D eigenvalue weighted by molar-refractivity contribution is 7.17. The Kier molecular flexibility index (Phi) is 2.94. The van der Waals surface area contributed by atoms with Gasteiger partial charge in [-0.25, -0.2) is 8.78 Å². The largest absolute Gasteiger partial charge is 0.324 e. The minimum absolute atomic E-state index is 0.266. The summed E-state index contributed by atoms with van der Waals surface area (Å²) in [4.78, 5) is 11.7. The van der Waals surface area contributed by atoms with E-state index >= 15 is 0 Å². The highest BCUT2D eigenvalue weighted by atomic mass is 32.1. The second-order valence-electron chi connectivity index (χ2n) is 3.51. The van der Waals surface area contributed by atoms with E-state index in [-0.39, 0.29) is 5.39 Å². The Bertz CT molecular complexity index is 589. The molecule has 0 unspecified atom stereocenters. The molecule has 7 heteroatoms. The zero-order chi connectivity index (χ0) is 12.6. The summed E-state index contributed by atoms with van der Waals surface area (Å²) >= 11 is 1.29. The molecule has 2 rings (SSSR count). The van der Waals surface area contributed by atoms with Crippen molar-refractivity contribution in [3.8, 4) is 0 Å². The third kappa shape index (κ3) is 2.19. The van der Waals surface area contributed by atoms with Gasteiger partial charge in [0.25, 0.3) is 5.56 Å². The van der Waals surface area contributed by atoms with Crippen molar-refractivity contribution in [2.75, 3.05) is 0 Å². The van der Waals surface area contributed by atoms with E-state index in [4.69, 9.17) is 0 Å². The van der Waals surface area contributed by atoms with E-state index in [0.29, 0.717) is 9.27 Å². The maximum Gasteiger partial charge on any atom is 0.324 e. The van der Waals surface area contributed by atoms with E-state index in [9.17, 15) is 22.4 Å². The van der Waals surface area contributed by atoms with Gasteiger partial charge in [0.2, 0.25) is 0 Å². The SMILES string of the molecule is O=c1c2ccsc2ccn1CC(F)(F)C(F)F. The number of fused-ring (bicyclic) bond motifs is 1. The quantitative estimate of drug-likeness (QED) is 0.782. The lowest BCUT2D eigenvalue weighted by atomic mass is 10.3. The predicted octanol–water partition coefficient (Wildman–Crippen LogP) is 2.96. The van der Waals surface area contributed by atoms with E-state index in [1.807, 2.05) is 0 Å². The van der Waals surface area contributed by atoms with Gasteiger partial charge in [0.1, 0.15) is 0 Å². The minimum Gasteiger partial charge on any atom is -0.309 e.